The third kappa shape index (κ3) is 13.3. The molecule has 336 valence electrons. The Morgan fingerprint density at radius 2 is 1.69 bits per heavy atom. The number of ketones is 1. The minimum atomic E-state index is -1.51. The van der Waals surface area contributed by atoms with Gasteiger partial charge in [0, 0.05) is 45.6 Å². The smallest absolute Gasteiger partial charge is 0.309 e. The lowest BCUT2D eigenvalue weighted by molar-refractivity contribution is -0.344. The SMILES string of the molecule is COC1[C@@H](O[C@@H]2O[C@H](C)[C@@H](O[C@H]3C[C@@](C)(O)[C@@H](OC(=O)CC(C)C)[C@H](C)O3)[C@H](N(C)C)[C@H]2O)[C@@H](CC=O)C[C@@H](C)C(=O)/C=C/C2OC2C[C@@H](C)OC(=O)C[C@H]1OC(C)=O. The van der Waals surface area contributed by atoms with E-state index in [2.05, 4.69) is 0 Å². The van der Waals surface area contributed by atoms with Gasteiger partial charge in [0.05, 0.1) is 36.9 Å². The van der Waals surface area contributed by atoms with E-state index in [0.717, 1.165) is 0 Å². The van der Waals surface area contributed by atoms with E-state index in [1.165, 1.54) is 20.1 Å². The number of epoxide rings is 1. The zero-order valence-electron chi connectivity index (χ0n) is 36.3. The van der Waals surface area contributed by atoms with Gasteiger partial charge in [-0.2, -0.15) is 0 Å². The Bertz CT molecular complexity index is 1470. The highest BCUT2D eigenvalue weighted by atomic mass is 16.7. The number of carbonyl (C=O) groups excluding carboxylic acids is 5. The number of fused-ring (bicyclic) bond motifs is 1. The predicted octanol–water partition coefficient (Wildman–Crippen LogP) is 2.43. The molecular formula is C42H67NO16. The van der Waals surface area contributed by atoms with Crippen molar-refractivity contribution in [3.05, 3.63) is 12.2 Å². The number of rotatable bonds is 12. The number of methoxy groups -OCH3 is 1. The van der Waals surface area contributed by atoms with Crippen molar-refractivity contribution in [2.45, 2.75) is 185 Å². The molecule has 3 saturated heterocycles. The summed E-state index contributed by atoms with van der Waals surface area (Å²) in [6.07, 6.45) is -7.99. The molecule has 0 saturated carbocycles. The number of aldehydes is 1. The van der Waals surface area contributed by atoms with Crippen molar-refractivity contribution in [2.75, 3.05) is 21.2 Å². The van der Waals surface area contributed by atoms with Crippen LogP contribution in [0.4, 0.5) is 0 Å². The van der Waals surface area contributed by atoms with Gasteiger partial charge in [0.25, 0.3) is 0 Å². The van der Waals surface area contributed by atoms with Crippen LogP contribution < -0.4 is 0 Å². The van der Waals surface area contributed by atoms with Gasteiger partial charge in [0.1, 0.15) is 48.5 Å². The van der Waals surface area contributed by atoms with Gasteiger partial charge in [0.15, 0.2) is 24.5 Å². The molecule has 59 heavy (non-hydrogen) atoms. The molecule has 0 aliphatic carbocycles. The van der Waals surface area contributed by atoms with Crippen LogP contribution >= 0.6 is 0 Å². The van der Waals surface area contributed by atoms with Crippen molar-refractivity contribution in [3.8, 4) is 0 Å². The number of carbonyl (C=O) groups is 5. The first-order chi connectivity index (χ1) is 27.6. The van der Waals surface area contributed by atoms with Gasteiger partial charge in [-0.1, -0.05) is 20.8 Å². The topological polar surface area (TPSA) is 215 Å². The number of aliphatic hydroxyl groups is 2. The molecule has 0 bridgehead atoms. The number of cyclic esters (lactones) is 1. The summed E-state index contributed by atoms with van der Waals surface area (Å²) in [7, 11) is 4.82. The predicted molar refractivity (Wildman–Crippen MR) is 208 cm³/mol. The van der Waals surface area contributed by atoms with Gasteiger partial charge >= 0.3 is 17.9 Å². The summed E-state index contributed by atoms with van der Waals surface area (Å²) < 4.78 is 54.2. The number of allylic oxidation sites excluding steroid dienone is 1. The van der Waals surface area contributed by atoms with E-state index in [1.807, 2.05) is 13.8 Å². The monoisotopic (exact) mass is 841 g/mol. The Morgan fingerprint density at radius 3 is 2.29 bits per heavy atom. The molecule has 0 spiro atoms. The fourth-order valence-electron chi connectivity index (χ4n) is 8.51. The van der Waals surface area contributed by atoms with E-state index in [9.17, 15) is 34.2 Å². The second kappa shape index (κ2) is 21.3. The number of aliphatic hydroxyl groups excluding tert-OH is 1. The molecule has 0 aromatic rings. The highest BCUT2D eigenvalue weighted by molar-refractivity contribution is 5.91. The van der Waals surface area contributed by atoms with E-state index >= 15 is 0 Å². The number of ether oxygens (including phenoxy) is 9. The maximum atomic E-state index is 13.4. The summed E-state index contributed by atoms with van der Waals surface area (Å²) in [4.78, 5) is 65.8. The Labute approximate surface area is 347 Å². The lowest BCUT2D eigenvalue weighted by Crippen LogP contribution is -2.66. The maximum Gasteiger partial charge on any atom is 0.309 e. The molecule has 17 atom stereocenters. The highest BCUT2D eigenvalue weighted by Crippen LogP contribution is 2.38. The van der Waals surface area contributed by atoms with E-state index in [-0.39, 0.29) is 49.6 Å². The Balaban J connectivity index is 1.64. The molecule has 0 amide bonds. The van der Waals surface area contributed by atoms with Crippen LogP contribution in [0.5, 0.6) is 0 Å². The van der Waals surface area contributed by atoms with Crippen LogP contribution in [-0.4, -0.2) is 158 Å². The first-order valence-corrected chi connectivity index (χ1v) is 20.7. The summed E-state index contributed by atoms with van der Waals surface area (Å²) in [6.45, 7) is 13.4. The molecule has 4 rings (SSSR count). The van der Waals surface area contributed by atoms with Crippen molar-refractivity contribution in [2.24, 2.45) is 17.8 Å². The number of hydrogen-bond donors (Lipinski definition) is 2. The van der Waals surface area contributed by atoms with Crippen LogP contribution in [0.15, 0.2) is 12.2 Å². The first-order valence-electron chi connectivity index (χ1n) is 20.7. The fraction of sp³-hybridized carbons (Fsp3) is 0.833. The normalized spacial score (nSPS) is 41.7. The second-order valence-electron chi connectivity index (χ2n) is 17.5. The van der Waals surface area contributed by atoms with E-state index in [1.54, 1.807) is 59.7 Å². The molecule has 0 aromatic carbocycles. The number of likely N-dealkylation sites (N-methyl/N-ethyl adjacent to an activating group) is 1. The van der Waals surface area contributed by atoms with Gasteiger partial charge in [0.2, 0.25) is 0 Å². The first kappa shape index (κ1) is 48.8. The fourth-order valence-corrected chi connectivity index (χ4v) is 8.51. The minimum Gasteiger partial charge on any atom is -0.462 e. The Morgan fingerprint density at radius 1 is 1.00 bits per heavy atom. The molecule has 4 aliphatic heterocycles. The van der Waals surface area contributed by atoms with Crippen molar-refractivity contribution in [3.63, 3.8) is 0 Å². The molecule has 17 heteroatoms. The van der Waals surface area contributed by atoms with Crippen molar-refractivity contribution in [1.82, 2.24) is 4.90 Å². The highest BCUT2D eigenvalue weighted by Gasteiger charge is 2.53. The number of nitrogens with zero attached hydrogens (tertiary/aromatic N) is 1. The summed E-state index contributed by atoms with van der Waals surface area (Å²) in [5, 5.41) is 23.5. The van der Waals surface area contributed by atoms with Crippen molar-refractivity contribution in [1.29, 1.82) is 0 Å². The van der Waals surface area contributed by atoms with Gasteiger partial charge in [-0.15, -0.1) is 0 Å². The van der Waals surface area contributed by atoms with Crippen molar-refractivity contribution < 1.29 is 76.8 Å². The summed E-state index contributed by atoms with van der Waals surface area (Å²) in [6, 6.07) is -0.800. The number of hydrogen-bond acceptors (Lipinski definition) is 17. The molecule has 0 radical (unpaired) electrons. The van der Waals surface area contributed by atoms with Gasteiger partial charge in [-0.05, 0) is 72.2 Å². The van der Waals surface area contributed by atoms with Crippen molar-refractivity contribution >= 4 is 30.0 Å². The average Bonchev–Trinajstić information content (AvgIpc) is 3.85. The third-order valence-electron chi connectivity index (χ3n) is 11.4. The molecule has 4 heterocycles. The van der Waals surface area contributed by atoms with Gasteiger partial charge in [-0.25, -0.2) is 0 Å². The summed E-state index contributed by atoms with van der Waals surface area (Å²) >= 11 is 0. The van der Waals surface area contributed by atoms with Gasteiger partial charge < -0.3 is 62.5 Å². The molecule has 17 nitrogen and oxygen atoms in total. The standard InChI is InChI=1S/C42H67NO16/c1-21(2)16-32(47)57-40-25(6)53-34(20-42(40,8)50)58-37-24(5)54-41(36(49)35(37)43(9)10)59-38-27(14-15-44)17-22(3)28(46)12-13-29-30(56-29)18-23(4)52-33(48)19-31(39(38)51-11)55-26(7)45/h12-13,15,21-25,27,29-31,34-41,49-50H,14,16-20H2,1-11H3/b13-12+/t22-,23-,24-,25+,27+,29?,30?,31-,34+,35-,36-,37-,38+,39?,40+,41+,42-/m1/s1. The van der Waals surface area contributed by atoms with E-state index in [0.29, 0.717) is 12.7 Å². The van der Waals surface area contributed by atoms with Crippen LogP contribution in [0.2, 0.25) is 0 Å². The third-order valence-corrected chi connectivity index (χ3v) is 11.4. The van der Waals surface area contributed by atoms with E-state index in [4.69, 9.17) is 42.6 Å². The molecular weight excluding hydrogens is 774 g/mol. The largest absolute Gasteiger partial charge is 0.462 e. The molecule has 3 unspecified atom stereocenters. The number of esters is 3. The maximum absolute atomic E-state index is 13.4. The molecule has 3 fully saturated rings. The van der Waals surface area contributed by atoms with Crippen LogP contribution in [0.3, 0.4) is 0 Å². The second-order valence-corrected chi connectivity index (χ2v) is 17.5. The molecule has 4 aliphatic rings. The van der Waals surface area contributed by atoms with Crippen LogP contribution in [0, 0.1) is 17.8 Å². The summed E-state index contributed by atoms with van der Waals surface area (Å²) in [5.41, 5.74) is -1.51. The Kier molecular flexibility index (Phi) is 17.6. The molecule has 2 N–H and O–H groups in total. The quantitative estimate of drug-likeness (QED) is 0.125. The van der Waals surface area contributed by atoms with E-state index < -0.39 is 115 Å². The lowest BCUT2D eigenvalue weighted by Gasteiger charge is -2.50. The Hall–Kier alpha value is -2.87. The molecule has 0 aromatic heterocycles. The van der Waals surface area contributed by atoms with Crippen LogP contribution in [0.25, 0.3) is 0 Å². The van der Waals surface area contributed by atoms with Crippen LogP contribution in [-0.2, 0) is 66.6 Å². The summed E-state index contributed by atoms with van der Waals surface area (Å²) in [5.74, 6) is -3.35. The zero-order chi connectivity index (χ0) is 43.9. The van der Waals surface area contributed by atoms with Gasteiger partial charge in [-0.3, -0.25) is 19.2 Å². The van der Waals surface area contributed by atoms with Crippen LogP contribution in [0.1, 0.15) is 93.9 Å². The lowest BCUT2D eigenvalue weighted by atomic mass is 9.83. The minimum absolute atomic E-state index is 0.0551. The zero-order valence-corrected chi connectivity index (χ0v) is 36.3. The average molecular weight is 842 g/mol.